The van der Waals surface area contributed by atoms with E-state index in [1.54, 1.807) is 12.1 Å². The molecule has 0 spiro atoms. The van der Waals surface area contributed by atoms with E-state index in [9.17, 15) is 8.42 Å². The Morgan fingerprint density at radius 3 is 2.35 bits per heavy atom. The molecule has 1 aliphatic rings. The van der Waals surface area contributed by atoms with Crippen LogP contribution in [0.25, 0.3) is 0 Å². The number of piperidine rings is 1. The molecule has 0 N–H and O–H groups in total. The lowest BCUT2D eigenvalue weighted by atomic mass is 9.83. The molecule has 0 saturated carbocycles. The molecule has 1 aromatic rings. The summed E-state index contributed by atoms with van der Waals surface area (Å²) in [6, 6.07) is 7.32. The molecule has 1 saturated heterocycles. The SMILES string of the molecule is CC(CCc1ccc(S(C)(=O)=O)cc1)C1CC[N]CC1. The summed E-state index contributed by atoms with van der Waals surface area (Å²) in [5.41, 5.74) is 1.23. The zero-order chi connectivity index (χ0) is 14.6. The van der Waals surface area contributed by atoms with Gasteiger partial charge >= 0.3 is 0 Å². The van der Waals surface area contributed by atoms with Gasteiger partial charge in [0.2, 0.25) is 0 Å². The standard InChI is InChI=1S/C16H24NO2S/c1-13(15-9-11-17-12-10-15)3-4-14-5-7-16(8-6-14)20(2,18)19/h5-8,13,15H,3-4,9-12H2,1-2H3. The van der Waals surface area contributed by atoms with Crippen LogP contribution in [0.15, 0.2) is 29.2 Å². The van der Waals surface area contributed by atoms with Crippen LogP contribution in [0.4, 0.5) is 0 Å². The fourth-order valence-corrected chi connectivity index (χ4v) is 3.50. The van der Waals surface area contributed by atoms with E-state index in [4.69, 9.17) is 0 Å². The Morgan fingerprint density at radius 2 is 1.80 bits per heavy atom. The predicted molar refractivity (Wildman–Crippen MR) is 81.6 cm³/mol. The van der Waals surface area contributed by atoms with Gasteiger partial charge in [-0.25, -0.2) is 13.7 Å². The van der Waals surface area contributed by atoms with E-state index in [1.807, 2.05) is 12.1 Å². The zero-order valence-electron chi connectivity index (χ0n) is 12.4. The molecule has 0 bridgehead atoms. The van der Waals surface area contributed by atoms with Crippen molar-refractivity contribution < 1.29 is 8.42 Å². The molecule has 0 aliphatic carbocycles. The minimum absolute atomic E-state index is 0.406. The Bertz CT molecular complexity index is 516. The third kappa shape index (κ3) is 4.32. The first-order valence-corrected chi connectivity index (χ1v) is 9.28. The van der Waals surface area contributed by atoms with Gasteiger partial charge in [-0.15, -0.1) is 0 Å². The van der Waals surface area contributed by atoms with Gasteiger partial charge in [0.05, 0.1) is 4.90 Å². The molecule has 2 rings (SSSR count). The lowest BCUT2D eigenvalue weighted by molar-refractivity contribution is 0.261. The summed E-state index contributed by atoms with van der Waals surface area (Å²) >= 11 is 0. The molecule has 1 heterocycles. The Kier molecular flexibility index (Phi) is 5.22. The van der Waals surface area contributed by atoms with Crippen molar-refractivity contribution in [1.82, 2.24) is 5.32 Å². The summed E-state index contributed by atoms with van der Waals surface area (Å²) in [6.07, 6.45) is 5.91. The average molecular weight is 294 g/mol. The second-order valence-corrected chi connectivity index (χ2v) is 7.96. The highest BCUT2D eigenvalue weighted by Crippen LogP contribution is 2.26. The number of rotatable bonds is 5. The first-order chi connectivity index (χ1) is 9.47. The highest BCUT2D eigenvalue weighted by molar-refractivity contribution is 7.90. The number of sulfone groups is 1. The van der Waals surface area contributed by atoms with Crippen molar-refractivity contribution in [1.29, 1.82) is 0 Å². The number of benzene rings is 1. The molecule has 1 fully saturated rings. The number of nitrogens with zero attached hydrogens (tertiary/aromatic N) is 1. The van der Waals surface area contributed by atoms with Gasteiger partial charge in [0.15, 0.2) is 9.84 Å². The van der Waals surface area contributed by atoms with Gasteiger partial charge in [-0.05, 0) is 55.2 Å². The Labute approximate surface area is 122 Å². The lowest BCUT2D eigenvalue weighted by Gasteiger charge is -2.27. The van der Waals surface area contributed by atoms with Crippen LogP contribution in [0.1, 0.15) is 31.7 Å². The van der Waals surface area contributed by atoms with E-state index in [-0.39, 0.29) is 0 Å². The number of aryl methyl sites for hydroxylation is 1. The second kappa shape index (κ2) is 6.72. The molecule has 1 radical (unpaired) electrons. The zero-order valence-corrected chi connectivity index (χ0v) is 13.2. The van der Waals surface area contributed by atoms with Gasteiger partial charge in [0.25, 0.3) is 0 Å². The maximum Gasteiger partial charge on any atom is 0.175 e. The summed E-state index contributed by atoms with van der Waals surface area (Å²) in [4.78, 5) is 0.406. The lowest BCUT2D eigenvalue weighted by Crippen LogP contribution is -2.26. The van der Waals surface area contributed by atoms with E-state index < -0.39 is 9.84 Å². The predicted octanol–water partition coefficient (Wildman–Crippen LogP) is 2.67. The molecule has 111 valence electrons. The quantitative estimate of drug-likeness (QED) is 0.838. The second-order valence-electron chi connectivity index (χ2n) is 5.94. The van der Waals surface area contributed by atoms with Crippen LogP contribution in [-0.4, -0.2) is 27.8 Å². The van der Waals surface area contributed by atoms with Crippen molar-refractivity contribution in [2.75, 3.05) is 19.3 Å². The van der Waals surface area contributed by atoms with Crippen molar-refractivity contribution in [3.05, 3.63) is 29.8 Å². The van der Waals surface area contributed by atoms with Gasteiger partial charge in [-0.3, -0.25) is 0 Å². The molecule has 0 aromatic heterocycles. The molecule has 0 amide bonds. The van der Waals surface area contributed by atoms with Gasteiger partial charge in [-0.2, -0.15) is 0 Å². The largest absolute Gasteiger partial charge is 0.242 e. The molecular weight excluding hydrogens is 270 g/mol. The molecule has 1 aliphatic heterocycles. The van der Waals surface area contributed by atoms with E-state index in [0.717, 1.165) is 31.3 Å². The van der Waals surface area contributed by atoms with Gasteiger partial charge in [0.1, 0.15) is 0 Å². The first-order valence-electron chi connectivity index (χ1n) is 7.39. The van der Waals surface area contributed by atoms with E-state index >= 15 is 0 Å². The maximum absolute atomic E-state index is 11.4. The summed E-state index contributed by atoms with van der Waals surface area (Å²) < 4.78 is 22.8. The van der Waals surface area contributed by atoms with Crippen LogP contribution in [0, 0.1) is 11.8 Å². The van der Waals surface area contributed by atoms with Gasteiger partial charge < -0.3 is 0 Å². The topological polar surface area (TPSA) is 48.2 Å². The van der Waals surface area contributed by atoms with E-state index in [1.165, 1.54) is 31.1 Å². The van der Waals surface area contributed by atoms with Crippen LogP contribution >= 0.6 is 0 Å². The minimum atomic E-state index is -3.08. The first kappa shape index (κ1) is 15.5. The van der Waals surface area contributed by atoms with Crippen molar-refractivity contribution in [2.24, 2.45) is 11.8 Å². The van der Waals surface area contributed by atoms with Crippen molar-refractivity contribution in [3.63, 3.8) is 0 Å². The summed E-state index contributed by atoms with van der Waals surface area (Å²) in [6.45, 7) is 4.39. The third-order valence-electron chi connectivity index (χ3n) is 4.36. The normalized spacial score (nSPS) is 18.9. The number of hydrogen-bond donors (Lipinski definition) is 0. The smallest absolute Gasteiger partial charge is 0.175 e. The van der Waals surface area contributed by atoms with Crippen LogP contribution < -0.4 is 5.32 Å². The van der Waals surface area contributed by atoms with Gasteiger partial charge in [-0.1, -0.05) is 19.1 Å². The molecule has 1 unspecified atom stereocenters. The molecular formula is C16H24NO2S. The third-order valence-corrected chi connectivity index (χ3v) is 5.49. The van der Waals surface area contributed by atoms with Gasteiger partial charge in [0, 0.05) is 19.3 Å². The van der Waals surface area contributed by atoms with Crippen LogP contribution in [0.3, 0.4) is 0 Å². The monoisotopic (exact) mass is 294 g/mol. The molecule has 1 aromatic carbocycles. The Balaban J connectivity index is 1.87. The summed E-state index contributed by atoms with van der Waals surface area (Å²) in [5.74, 6) is 1.53. The van der Waals surface area contributed by atoms with E-state index in [0.29, 0.717) is 4.90 Å². The fourth-order valence-electron chi connectivity index (χ4n) is 2.87. The van der Waals surface area contributed by atoms with Crippen LogP contribution in [0.2, 0.25) is 0 Å². The highest BCUT2D eigenvalue weighted by atomic mass is 32.2. The Hall–Kier alpha value is -0.870. The van der Waals surface area contributed by atoms with E-state index in [2.05, 4.69) is 12.2 Å². The summed E-state index contributed by atoms with van der Waals surface area (Å²) in [7, 11) is -3.08. The summed E-state index contributed by atoms with van der Waals surface area (Å²) in [5, 5.41) is 4.40. The maximum atomic E-state index is 11.4. The molecule has 1 atom stereocenters. The fraction of sp³-hybridized carbons (Fsp3) is 0.625. The highest BCUT2D eigenvalue weighted by Gasteiger charge is 2.20. The minimum Gasteiger partial charge on any atom is -0.242 e. The van der Waals surface area contributed by atoms with Crippen molar-refractivity contribution >= 4 is 9.84 Å². The molecule has 4 heteroatoms. The average Bonchev–Trinajstić information content (AvgIpc) is 2.45. The molecule has 3 nitrogen and oxygen atoms in total. The van der Waals surface area contributed by atoms with Crippen molar-refractivity contribution in [2.45, 2.75) is 37.5 Å². The van der Waals surface area contributed by atoms with Crippen LogP contribution in [0.5, 0.6) is 0 Å². The Morgan fingerprint density at radius 1 is 1.20 bits per heavy atom. The molecule has 20 heavy (non-hydrogen) atoms. The van der Waals surface area contributed by atoms with Crippen molar-refractivity contribution in [3.8, 4) is 0 Å². The van der Waals surface area contributed by atoms with Crippen LogP contribution in [-0.2, 0) is 16.3 Å². The number of hydrogen-bond acceptors (Lipinski definition) is 2.